The van der Waals surface area contributed by atoms with Crippen LogP contribution in [0.1, 0.15) is 29.5 Å². The normalized spacial score (nSPS) is 18.8. The quantitative estimate of drug-likeness (QED) is 0.890. The van der Waals surface area contributed by atoms with Crippen LogP contribution in [0, 0.1) is 5.82 Å². The summed E-state index contributed by atoms with van der Waals surface area (Å²) in [7, 11) is 0. The van der Waals surface area contributed by atoms with Gasteiger partial charge in [0.2, 0.25) is 5.91 Å². The molecule has 136 valence electrons. The van der Waals surface area contributed by atoms with Gasteiger partial charge in [-0.25, -0.2) is 4.39 Å². The molecule has 2 N–H and O–H groups in total. The van der Waals surface area contributed by atoms with Gasteiger partial charge in [0.15, 0.2) is 0 Å². The Morgan fingerprint density at radius 3 is 2.65 bits per heavy atom. The topological polar surface area (TPSA) is 50.4 Å². The van der Waals surface area contributed by atoms with Gasteiger partial charge in [0.25, 0.3) is 0 Å². The molecule has 2 aromatic carbocycles. The maximum atomic E-state index is 14.9. The van der Waals surface area contributed by atoms with Gasteiger partial charge >= 0.3 is 0 Å². The summed E-state index contributed by atoms with van der Waals surface area (Å²) in [4.78, 5) is 13.3. The van der Waals surface area contributed by atoms with E-state index in [2.05, 4.69) is 10.6 Å². The minimum atomic E-state index is -0.677. The number of hydrogen-bond acceptors (Lipinski definition) is 3. The van der Waals surface area contributed by atoms with E-state index < -0.39 is 5.41 Å². The Labute approximate surface area is 152 Å². The van der Waals surface area contributed by atoms with Gasteiger partial charge in [-0.2, -0.15) is 0 Å². The first-order valence-corrected chi connectivity index (χ1v) is 9.16. The van der Waals surface area contributed by atoms with Crippen LogP contribution in [0.3, 0.4) is 0 Å². The first-order chi connectivity index (χ1) is 12.7. The average Bonchev–Trinajstić information content (AvgIpc) is 2.71. The van der Waals surface area contributed by atoms with Crippen molar-refractivity contribution in [3.8, 4) is 0 Å². The van der Waals surface area contributed by atoms with E-state index in [1.165, 1.54) is 0 Å². The smallest absolute Gasteiger partial charge is 0.235 e. The fourth-order valence-electron chi connectivity index (χ4n) is 4.00. The van der Waals surface area contributed by atoms with E-state index in [1.807, 2.05) is 36.4 Å². The molecular formula is C21H23FN2O2. The number of ether oxygens (including phenoxy) is 1. The minimum absolute atomic E-state index is 0.153. The number of benzene rings is 2. The van der Waals surface area contributed by atoms with Gasteiger partial charge in [-0.05, 0) is 48.6 Å². The van der Waals surface area contributed by atoms with Gasteiger partial charge in [-0.1, -0.05) is 36.4 Å². The molecule has 0 radical (unpaired) electrons. The van der Waals surface area contributed by atoms with E-state index >= 15 is 0 Å². The molecule has 1 saturated heterocycles. The third-order valence-electron chi connectivity index (χ3n) is 5.56. The lowest BCUT2D eigenvalue weighted by Gasteiger charge is -2.36. The van der Waals surface area contributed by atoms with Crippen molar-refractivity contribution in [3.63, 3.8) is 0 Å². The molecule has 0 bridgehead atoms. The molecule has 0 aromatic heterocycles. The van der Waals surface area contributed by atoms with Crippen molar-refractivity contribution < 1.29 is 13.9 Å². The summed E-state index contributed by atoms with van der Waals surface area (Å²) in [6, 6.07) is 13.3. The lowest BCUT2D eigenvalue weighted by molar-refractivity contribution is -0.125. The molecule has 2 aliphatic heterocycles. The van der Waals surface area contributed by atoms with Crippen molar-refractivity contribution in [2.24, 2.45) is 0 Å². The Balaban J connectivity index is 1.65. The first-order valence-electron chi connectivity index (χ1n) is 9.16. The molecular weight excluding hydrogens is 331 g/mol. The number of fused-ring (bicyclic) bond motifs is 1. The van der Waals surface area contributed by atoms with Crippen molar-refractivity contribution in [2.75, 3.05) is 25.1 Å². The molecule has 2 aromatic rings. The van der Waals surface area contributed by atoms with E-state index in [0.717, 1.165) is 17.7 Å². The highest BCUT2D eigenvalue weighted by atomic mass is 19.1. The lowest BCUT2D eigenvalue weighted by atomic mass is 9.73. The third kappa shape index (κ3) is 3.02. The number of halogens is 1. The predicted octanol–water partition coefficient (Wildman–Crippen LogP) is 3.16. The Bertz CT molecular complexity index is 801. The van der Waals surface area contributed by atoms with Crippen LogP contribution in [0.2, 0.25) is 0 Å². The monoisotopic (exact) mass is 354 g/mol. The second kappa shape index (κ2) is 7.17. The first kappa shape index (κ1) is 17.2. The Hall–Kier alpha value is -2.24. The number of anilines is 1. The van der Waals surface area contributed by atoms with Crippen LogP contribution in [-0.4, -0.2) is 25.7 Å². The SMILES string of the molecule is O=C(Nc1ccc2c(c1F)CCNC2)C1(c2ccccc2)CCOCC1. The largest absolute Gasteiger partial charge is 0.381 e. The molecule has 0 spiro atoms. The molecule has 4 nitrogen and oxygen atoms in total. The lowest BCUT2D eigenvalue weighted by Crippen LogP contribution is -2.45. The zero-order chi connectivity index (χ0) is 18.0. The number of nitrogens with one attached hydrogen (secondary N) is 2. The fraction of sp³-hybridized carbons (Fsp3) is 0.381. The maximum Gasteiger partial charge on any atom is 0.235 e. The second-order valence-electron chi connectivity index (χ2n) is 7.01. The minimum Gasteiger partial charge on any atom is -0.381 e. The van der Waals surface area contributed by atoms with E-state index in [-0.39, 0.29) is 17.4 Å². The molecule has 1 amide bonds. The number of carbonyl (C=O) groups excluding carboxylic acids is 1. The average molecular weight is 354 g/mol. The van der Waals surface area contributed by atoms with Gasteiger partial charge in [0, 0.05) is 19.8 Å². The molecule has 5 heteroatoms. The van der Waals surface area contributed by atoms with Gasteiger partial charge in [-0.3, -0.25) is 4.79 Å². The molecule has 0 atom stereocenters. The Morgan fingerprint density at radius 1 is 1.12 bits per heavy atom. The van der Waals surface area contributed by atoms with Gasteiger partial charge in [0.1, 0.15) is 5.82 Å². The van der Waals surface area contributed by atoms with Crippen LogP contribution in [0.4, 0.5) is 10.1 Å². The summed E-state index contributed by atoms with van der Waals surface area (Å²) in [5, 5.41) is 6.12. The summed E-state index contributed by atoms with van der Waals surface area (Å²) in [6.07, 6.45) is 1.83. The molecule has 0 saturated carbocycles. The van der Waals surface area contributed by atoms with Crippen LogP contribution < -0.4 is 10.6 Å². The van der Waals surface area contributed by atoms with Crippen molar-refractivity contribution in [1.82, 2.24) is 5.32 Å². The van der Waals surface area contributed by atoms with Crippen LogP contribution in [-0.2, 0) is 27.9 Å². The molecule has 0 unspecified atom stereocenters. The van der Waals surface area contributed by atoms with Crippen LogP contribution in [0.25, 0.3) is 0 Å². The molecule has 1 fully saturated rings. The molecule has 2 heterocycles. The van der Waals surface area contributed by atoms with Gasteiger partial charge in [-0.15, -0.1) is 0 Å². The Kier molecular flexibility index (Phi) is 4.74. The zero-order valence-electron chi connectivity index (χ0n) is 14.7. The van der Waals surface area contributed by atoms with Gasteiger partial charge in [0.05, 0.1) is 11.1 Å². The molecule has 2 aliphatic rings. The van der Waals surface area contributed by atoms with Gasteiger partial charge < -0.3 is 15.4 Å². The van der Waals surface area contributed by atoms with Crippen molar-refractivity contribution in [2.45, 2.75) is 31.2 Å². The highest BCUT2D eigenvalue weighted by molar-refractivity contribution is 5.99. The van der Waals surface area contributed by atoms with Crippen molar-refractivity contribution in [1.29, 1.82) is 0 Å². The molecule has 4 rings (SSSR count). The highest BCUT2D eigenvalue weighted by Crippen LogP contribution is 2.36. The van der Waals surface area contributed by atoms with E-state index in [0.29, 0.717) is 44.6 Å². The third-order valence-corrected chi connectivity index (χ3v) is 5.56. The van der Waals surface area contributed by atoms with Crippen LogP contribution in [0.5, 0.6) is 0 Å². The summed E-state index contributed by atoms with van der Waals surface area (Å²) in [5.74, 6) is -0.451. The highest BCUT2D eigenvalue weighted by Gasteiger charge is 2.42. The van der Waals surface area contributed by atoms with E-state index in [4.69, 9.17) is 4.74 Å². The van der Waals surface area contributed by atoms with Crippen LogP contribution >= 0.6 is 0 Å². The van der Waals surface area contributed by atoms with Crippen molar-refractivity contribution in [3.05, 3.63) is 65.0 Å². The maximum absolute atomic E-state index is 14.9. The number of hydrogen-bond donors (Lipinski definition) is 2. The van der Waals surface area contributed by atoms with Crippen LogP contribution in [0.15, 0.2) is 42.5 Å². The summed E-state index contributed by atoms with van der Waals surface area (Å²) in [5.41, 5.74) is 2.24. The standard InChI is InChI=1S/C21H23FN2O2/c22-19-17-8-11-23-14-15(17)6-7-18(19)24-20(25)21(9-12-26-13-10-21)16-4-2-1-3-5-16/h1-7,23H,8-14H2,(H,24,25). The van der Waals surface area contributed by atoms with E-state index in [9.17, 15) is 9.18 Å². The molecule has 26 heavy (non-hydrogen) atoms. The Morgan fingerprint density at radius 2 is 1.88 bits per heavy atom. The van der Waals surface area contributed by atoms with Crippen molar-refractivity contribution >= 4 is 11.6 Å². The zero-order valence-corrected chi connectivity index (χ0v) is 14.7. The second-order valence-corrected chi connectivity index (χ2v) is 7.01. The van der Waals surface area contributed by atoms with E-state index in [1.54, 1.807) is 6.07 Å². The fourth-order valence-corrected chi connectivity index (χ4v) is 4.00. The number of amides is 1. The number of rotatable bonds is 3. The summed E-state index contributed by atoms with van der Waals surface area (Å²) in [6.45, 7) is 2.49. The summed E-state index contributed by atoms with van der Waals surface area (Å²) < 4.78 is 20.4. The summed E-state index contributed by atoms with van der Waals surface area (Å²) >= 11 is 0. The predicted molar refractivity (Wildman–Crippen MR) is 98.6 cm³/mol. The number of carbonyl (C=O) groups is 1. The molecule has 0 aliphatic carbocycles.